The van der Waals surface area contributed by atoms with Crippen molar-refractivity contribution >= 4 is 0 Å². The predicted molar refractivity (Wildman–Crippen MR) is 185 cm³/mol. The van der Waals surface area contributed by atoms with Gasteiger partial charge in [-0.25, -0.2) is 8.78 Å². The molecule has 15 heteroatoms. The van der Waals surface area contributed by atoms with Crippen molar-refractivity contribution in [1.82, 2.24) is 4.90 Å². The van der Waals surface area contributed by atoms with E-state index in [1.807, 2.05) is 6.92 Å². The number of nitrogens with zero attached hydrogens (tertiary/aromatic N) is 1. The van der Waals surface area contributed by atoms with E-state index in [1.54, 1.807) is 6.92 Å². The molecule has 1 atom stereocenters. The Hall–Kier alpha value is -1.86. The topological polar surface area (TPSA) is 148 Å². The average Bonchev–Trinajstić information content (AvgIpc) is 3.79. The smallest absolute Gasteiger partial charge is 0.198 e. The molecular weight excluding hydrogens is 660 g/mol. The summed E-state index contributed by atoms with van der Waals surface area (Å²) in [5.74, 6) is -1.52. The number of halogens is 2. The van der Waals surface area contributed by atoms with Gasteiger partial charge in [0, 0.05) is 50.6 Å². The molecule has 0 radical (unpaired) electrons. The highest BCUT2D eigenvalue weighted by Gasteiger charge is 2.39. The minimum absolute atomic E-state index is 0.0704. The van der Waals surface area contributed by atoms with Crippen LogP contribution in [0.4, 0.5) is 8.78 Å². The second-order valence-electron chi connectivity index (χ2n) is 11.5. The highest BCUT2D eigenvalue weighted by Crippen LogP contribution is 2.51. The molecule has 290 valence electrons. The van der Waals surface area contributed by atoms with Crippen molar-refractivity contribution < 1.29 is 56.1 Å². The van der Waals surface area contributed by atoms with Gasteiger partial charge in [0.2, 0.25) is 0 Å². The highest BCUT2D eigenvalue weighted by atomic mass is 19.1. The van der Waals surface area contributed by atoms with Crippen LogP contribution in [-0.4, -0.2) is 157 Å². The molecule has 0 saturated carbocycles. The van der Waals surface area contributed by atoms with E-state index in [2.05, 4.69) is 11.5 Å². The van der Waals surface area contributed by atoms with Gasteiger partial charge in [0.15, 0.2) is 17.4 Å². The molecule has 0 fully saturated rings. The lowest BCUT2D eigenvalue weighted by Crippen LogP contribution is -2.34. The van der Waals surface area contributed by atoms with Gasteiger partial charge in [0.1, 0.15) is 0 Å². The fourth-order valence-electron chi connectivity index (χ4n) is 4.86. The number of hydrogen-bond donors (Lipinski definition) is 2. The first-order chi connectivity index (χ1) is 24.4. The van der Waals surface area contributed by atoms with Crippen LogP contribution >= 0.6 is 0 Å². The average molecular weight is 722 g/mol. The zero-order valence-corrected chi connectivity index (χ0v) is 30.2. The van der Waals surface area contributed by atoms with Crippen LogP contribution in [0.5, 0.6) is 5.75 Å². The van der Waals surface area contributed by atoms with Crippen molar-refractivity contribution in [3.63, 3.8) is 0 Å². The van der Waals surface area contributed by atoms with Gasteiger partial charge in [0.05, 0.1) is 125 Å². The summed E-state index contributed by atoms with van der Waals surface area (Å²) in [5.41, 5.74) is 12.5. The molecule has 1 aliphatic rings. The lowest BCUT2D eigenvalue weighted by atomic mass is 10.2. The largest absolute Gasteiger partial charge is 0.456 e. The van der Waals surface area contributed by atoms with E-state index in [4.69, 9.17) is 58.8 Å². The Morgan fingerprint density at radius 1 is 0.560 bits per heavy atom. The minimum atomic E-state index is -0.671. The minimum Gasteiger partial charge on any atom is -0.456 e. The fraction of sp³-hybridized carbons (Fsp3) is 0.771. The number of fused-ring (bicyclic) bond motifs is 1. The van der Waals surface area contributed by atoms with Gasteiger partial charge in [-0.15, -0.1) is 0 Å². The Balaban J connectivity index is 1.50. The molecule has 0 saturated heterocycles. The molecule has 0 amide bonds. The number of hydrogen-bond acceptors (Lipinski definition) is 13. The van der Waals surface area contributed by atoms with Crippen molar-refractivity contribution in [2.24, 2.45) is 11.5 Å². The molecule has 4 N–H and O–H groups in total. The third-order valence-corrected chi connectivity index (χ3v) is 7.62. The first kappa shape index (κ1) is 44.3. The first-order valence-corrected chi connectivity index (χ1v) is 17.6. The van der Waals surface area contributed by atoms with Gasteiger partial charge < -0.3 is 58.8 Å². The van der Waals surface area contributed by atoms with Crippen LogP contribution in [0.15, 0.2) is 12.3 Å². The summed E-state index contributed by atoms with van der Waals surface area (Å²) < 4.78 is 84.4. The summed E-state index contributed by atoms with van der Waals surface area (Å²) in [6, 6.07) is 0. The molecule has 0 aliphatic heterocycles. The molecule has 0 bridgehead atoms. The number of nitrogens with two attached hydrogens (primary N) is 2. The van der Waals surface area contributed by atoms with E-state index in [0.29, 0.717) is 156 Å². The molecule has 0 aromatic heterocycles. The van der Waals surface area contributed by atoms with Crippen molar-refractivity contribution in [1.29, 1.82) is 0 Å². The van der Waals surface area contributed by atoms with E-state index in [-0.39, 0.29) is 17.4 Å². The quantitative estimate of drug-likeness (QED) is 0.0773. The summed E-state index contributed by atoms with van der Waals surface area (Å²) >= 11 is 0. The van der Waals surface area contributed by atoms with E-state index < -0.39 is 11.6 Å². The van der Waals surface area contributed by atoms with Crippen LogP contribution in [0.2, 0.25) is 0 Å². The molecule has 0 heterocycles. The van der Waals surface area contributed by atoms with Crippen LogP contribution in [0, 0.1) is 18.6 Å². The predicted octanol–water partition coefficient (Wildman–Crippen LogP) is 2.39. The first-order valence-electron chi connectivity index (χ1n) is 17.6. The molecule has 50 heavy (non-hydrogen) atoms. The highest BCUT2D eigenvalue weighted by molar-refractivity contribution is 5.61. The van der Waals surface area contributed by atoms with Crippen LogP contribution in [-0.2, 0) is 42.6 Å². The second kappa shape index (κ2) is 28.7. The van der Waals surface area contributed by atoms with Crippen LogP contribution in [0.25, 0.3) is 0 Å². The Labute approximate surface area is 296 Å². The van der Waals surface area contributed by atoms with Gasteiger partial charge >= 0.3 is 0 Å². The van der Waals surface area contributed by atoms with Crippen molar-refractivity contribution in [2.75, 3.05) is 152 Å². The summed E-state index contributed by atoms with van der Waals surface area (Å²) in [6.45, 7) is 19.1. The normalized spacial score (nSPS) is 13.7. The molecule has 1 unspecified atom stereocenters. The Kier molecular flexibility index (Phi) is 25.4. The van der Waals surface area contributed by atoms with Crippen molar-refractivity contribution in [3.05, 3.63) is 40.7 Å². The number of rotatable bonds is 36. The summed E-state index contributed by atoms with van der Waals surface area (Å²) in [6.07, 6.45) is 0.303. The molecule has 1 aliphatic carbocycles. The fourth-order valence-corrected chi connectivity index (χ4v) is 4.86. The maximum absolute atomic E-state index is 14.6. The van der Waals surface area contributed by atoms with E-state index >= 15 is 0 Å². The van der Waals surface area contributed by atoms with Gasteiger partial charge in [-0.05, 0) is 18.1 Å². The Bertz CT molecular complexity index is 1020. The zero-order chi connectivity index (χ0) is 36.2. The lowest BCUT2D eigenvalue weighted by molar-refractivity contribution is -0.00541. The third kappa shape index (κ3) is 19.1. The molecule has 0 spiro atoms. The van der Waals surface area contributed by atoms with E-state index in [9.17, 15) is 8.78 Å². The lowest BCUT2D eigenvalue weighted by Gasteiger charge is -2.22. The zero-order valence-electron chi connectivity index (χ0n) is 30.2. The SMILES string of the molecule is C=C(CCOCCOCCOCCN(CCOCCOCCOCCN)CCOCCOCCOCCN)Oc1c(F)c(C)c2c(c1F)C2C. The van der Waals surface area contributed by atoms with Crippen LogP contribution in [0.1, 0.15) is 36.0 Å². The van der Waals surface area contributed by atoms with E-state index in [1.165, 1.54) is 0 Å². The van der Waals surface area contributed by atoms with Crippen LogP contribution in [0.3, 0.4) is 0 Å². The van der Waals surface area contributed by atoms with Gasteiger partial charge in [-0.1, -0.05) is 13.5 Å². The van der Waals surface area contributed by atoms with Crippen molar-refractivity contribution in [3.8, 4) is 5.75 Å². The Morgan fingerprint density at radius 2 is 0.920 bits per heavy atom. The summed E-state index contributed by atoms with van der Waals surface area (Å²) in [5, 5.41) is 0. The summed E-state index contributed by atoms with van der Waals surface area (Å²) in [7, 11) is 0. The molecular formula is C35H61F2N3O10. The number of ether oxygens (including phenoxy) is 10. The monoisotopic (exact) mass is 721 g/mol. The van der Waals surface area contributed by atoms with E-state index in [0.717, 1.165) is 18.7 Å². The van der Waals surface area contributed by atoms with Gasteiger partial charge in [-0.2, -0.15) is 0 Å². The third-order valence-electron chi connectivity index (χ3n) is 7.62. The maximum atomic E-state index is 14.6. The van der Waals surface area contributed by atoms with Crippen molar-refractivity contribution in [2.45, 2.75) is 26.2 Å². The standard InChI is InChI=1S/C35H61F2N3O10/c1-28(50-35-33(36)30(3)31-29(2)32(31)34(35)37)4-10-41-16-22-47-25-19-44-13-7-40(8-14-45-20-26-48-23-17-42-11-5-38)9-15-46-21-27-49-24-18-43-12-6-39/h29H,1,4-27,38-39H2,2-3H3. The molecule has 1 aromatic carbocycles. The maximum Gasteiger partial charge on any atom is 0.198 e. The summed E-state index contributed by atoms with van der Waals surface area (Å²) in [4.78, 5) is 2.22. The Morgan fingerprint density at radius 3 is 1.32 bits per heavy atom. The second-order valence-corrected chi connectivity index (χ2v) is 11.5. The van der Waals surface area contributed by atoms with Gasteiger partial charge in [0.25, 0.3) is 0 Å². The molecule has 13 nitrogen and oxygen atoms in total. The number of benzene rings is 1. The van der Waals surface area contributed by atoms with Gasteiger partial charge in [-0.3, -0.25) is 4.90 Å². The molecule has 2 rings (SSSR count). The molecule has 1 aromatic rings. The van der Waals surface area contributed by atoms with Crippen LogP contribution < -0.4 is 16.2 Å².